The lowest BCUT2D eigenvalue weighted by atomic mass is 10.0. The SMILES string of the molecule is CCOc1ccn(-c2ccc(F)cc2)c(=O)c1CC(=O)Nc1ccc(Oc2ccnc3[nH]cc(-c4cccc(COCCOC)c4)c23)c(F)c1. The smallest absolute Gasteiger partial charge is 0.262 e. The second-order valence-corrected chi connectivity index (χ2v) is 11.2. The molecule has 0 saturated carbocycles. The molecule has 0 aliphatic carbocycles. The number of aromatic amines is 1. The van der Waals surface area contributed by atoms with Crippen molar-refractivity contribution in [1.82, 2.24) is 14.5 Å². The van der Waals surface area contributed by atoms with Gasteiger partial charge in [-0.1, -0.05) is 18.2 Å². The van der Waals surface area contributed by atoms with Gasteiger partial charge in [0.05, 0.1) is 43.8 Å². The van der Waals surface area contributed by atoms with Crippen LogP contribution in [0.25, 0.3) is 27.8 Å². The summed E-state index contributed by atoms with van der Waals surface area (Å²) in [6.07, 6.45) is 4.54. The standard InChI is InChI=1S/C38H34F2N4O6/c1-3-49-32-14-16-44(28-10-7-26(39)8-11-28)38(46)29(32)21-35(45)43-27-9-12-33(31(40)20-27)50-34-13-15-41-37-36(34)30(22-42-37)25-6-4-5-24(19-25)23-48-18-17-47-2/h4-16,19-20,22H,3,17-18,21,23H2,1-2H3,(H,41,42)(H,43,45). The molecule has 3 aromatic carbocycles. The molecule has 0 bridgehead atoms. The van der Waals surface area contributed by atoms with E-state index in [-0.39, 0.29) is 35.8 Å². The highest BCUT2D eigenvalue weighted by Gasteiger charge is 2.19. The van der Waals surface area contributed by atoms with E-state index in [1.165, 1.54) is 47.2 Å². The number of nitrogens with one attached hydrogen (secondary N) is 2. The second-order valence-electron chi connectivity index (χ2n) is 11.2. The zero-order valence-corrected chi connectivity index (χ0v) is 27.4. The molecule has 50 heavy (non-hydrogen) atoms. The fraction of sp³-hybridized carbons (Fsp3) is 0.184. The number of carbonyl (C=O) groups is 1. The van der Waals surface area contributed by atoms with Crippen LogP contribution in [0.2, 0.25) is 0 Å². The van der Waals surface area contributed by atoms with E-state index in [1.807, 2.05) is 30.5 Å². The van der Waals surface area contributed by atoms with E-state index in [1.54, 1.807) is 32.4 Å². The number of halogens is 2. The number of anilines is 1. The normalized spacial score (nSPS) is 11.1. The van der Waals surface area contributed by atoms with Crippen LogP contribution in [-0.2, 0) is 27.3 Å². The molecule has 3 aromatic heterocycles. The molecule has 0 saturated heterocycles. The molecule has 0 unspecified atom stereocenters. The molecule has 2 N–H and O–H groups in total. The summed E-state index contributed by atoms with van der Waals surface area (Å²) in [7, 11) is 1.62. The van der Waals surface area contributed by atoms with Crippen molar-refractivity contribution < 1.29 is 32.5 Å². The van der Waals surface area contributed by atoms with Crippen LogP contribution in [0.4, 0.5) is 14.5 Å². The monoisotopic (exact) mass is 680 g/mol. The molecule has 12 heteroatoms. The van der Waals surface area contributed by atoms with Gasteiger partial charge >= 0.3 is 0 Å². The van der Waals surface area contributed by atoms with E-state index in [4.69, 9.17) is 18.9 Å². The summed E-state index contributed by atoms with van der Waals surface area (Å²) < 4.78 is 52.6. The summed E-state index contributed by atoms with van der Waals surface area (Å²) in [5.74, 6) is -1.15. The van der Waals surface area contributed by atoms with Crippen LogP contribution in [-0.4, -0.2) is 47.4 Å². The number of ether oxygens (including phenoxy) is 4. The first-order chi connectivity index (χ1) is 24.3. The zero-order chi connectivity index (χ0) is 35.0. The molecule has 10 nitrogen and oxygen atoms in total. The number of hydrogen-bond acceptors (Lipinski definition) is 7. The van der Waals surface area contributed by atoms with Crippen molar-refractivity contribution in [2.24, 2.45) is 0 Å². The molecule has 0 fully saturated rings. The fourth-order valence-corrected chi connectivity index (χ4v) is 5.47. The number of benzene rings is 3. The molecule has 6 rings (SSSR count). The van der Waals surface area contributed by atoms with Crippen molar-refractivity contribution in [3.8, 4) is 34.1 Å². The molecule has 0 atom stereocenters. The van der Waals surface area contributed by atoms with Crippen molar-refractivity contribution in [2.45, 2.75) is 20.0 Å². The highest BCUT2D eigenvalue weighted by Crippen LogP contribution is 2.38. The molecule has 0 aliphatic rings. The van der Waals surface area contributed by atoms with Gasteiger partial charge in [-0.2, -0.15) is 0 Å². The molecular formula is C38H34F2N4O6. The van der Waals surface area contributed by atoms with Gasteiger partial charge in [0.1, 0.15) is 23.0 Å². The van der Waals surface area contributed by atoms with Crippen molar-refractivity contribution in [3.63, 3.8) is 0 Å². The van der Waals surface area contributed by atoms with Crippen molar-refractivity contribution in [3.05, 3.63) is 131 Å². The predicted octanol–water partition coefficient (Wildman–Crippen LogP) is 7.19. The number of aromatic nitrogens is 3. The number of rotatable bonds is 14. The van der Waals surface area contributed by atoms with Crippen LogP contribution in [0, 0.1) is 11.6 Å². The second kappa shape index (κ2) is 15.6. The summed E-state index contributed by atoms with van der Waals surface area (Å²) in [4.78, 5) is 34.1. The van der Waals surface area contributed by atoms with Crippen LogP contribution < -0.4 is 20.3 Å². The van der Waals surface area contributed by atoms with Gasteiger partial charge in [-0.3, -0.25) is 14.2 Å². The Balaban J connectivity index is 1.20. The third-order valence-corrected chi connectivity index (χ3v) is 7.80. The third kappa shape index (κ3) is 7.72. The Hall–Kier alpha value is -5.85. The van der Waals surface area contributed by atoms with E-state index in [9.17, 15) is 14.0 Å². The van der Waals surface area contributed by atoms with E-state index < -0.39 is 23.1 Å². The maximum absolute atomic E-state index is 15.5. The Labute approximate surface area is 286 Å². The minimum absolute atomic E-state index is 0.0631. The van der Waals surface area contributed by atoms with Crippen LogP contribution in [0.5, 0.6) is 17.2 Å². The van der Waals surface area contributed by atoms with E-state index in [2.05, 4.69) is 15.3 Å². The molecule has 256 valence electrons. The molecule has 1 amide bonds. The number of hydrogen-bond donors (Lipinski definition) is 2. The molecule has 0 radical (unpaired) electrons. The number of H-pyrrole nitrogens is 1. The molecular weight excluding hydrogens is 646 g/mol. The zero-order valence-electron chi connectivity index (χ0n) is 27.4. The molecule has 0 aliphatic heterocycles. The maximum Gasteiger partial charge on any atom is 0.262 e. The summed E-state index contributed by atoms with van der Waals surface area (Å²) in [5.41, 5.74) is 3.45. The van der Waals surface area contributed by atoms with Crippen molar-refractivity contribution >= 4 is 22.6 Å². The average Bonchev–Trinajstić information content (AvgIpc) is 3.56. The van der Waals surface area contributed by atoms with Gasteiger partial charge in [0.25, 0.3) is 5.56 Å². The number of methoxy groups -OCH3 is 1. The predicted molar refractivity (Wildman–Crippen MR) is 185 cm³/mol. The Morgan fingerprint density at radius 2 is 1.80 bits per heavy atom. The van der Waals surface area contributed by atoms with Gasteiger partial charge < -0.3 is 29.2 Å². The Kier molecular flexibility index (Phi) is 10.6. The minimum atomic E-state index is -0.714. The van der Waals surface area contributed by atoms with Gasteiger partial charge in [-0.15, -0.1) is 0 Å². The Morgan fingerprint density at radius 3 is 2.58 bits per heavy atom. The van der Waals surface area contributed by atoms with Gasteiger partial charge in [-0.05, 0) is 72.6 Å². The van der Waals surface area contributed by atoms with Gasteiger partial charge in [-0.25, -0.2) is 13.8 Å². The molecule has 0 spiro atoms. The maximum atomic E-state index is 15.5. The van der Waals surface area contributed by atoms with Crippen LogP contribution in [0.15, 0.2) is 102 Å². The van der Waals surface area contributed by atoms with Crippen LogP contribution >= 0.6 is 0 Å². The largest absolute Gasteiger partial charge is 0.493 e. The van der Waals surface area contributed by atoms with Crippen LogP contribution in [0.1, 0.15) is 18.1 Å². The first-order valence-electron chi connectivity index (χ1n) is 15.9. The van der Waals surface area contributed by atoms with Crippen LogP contribution in [0.3, 0.4) is 0 Å². The quantitative estimate of drug-likeness (QED) is 0.117. The number of nitrogens with zero attached hydrogens (tertiary/aromatic N) is 2. The summed E-state index contributed by atoms with van der Waals surface area (Å²) in [5, 5.41) is 3.32. The van der Waals surface area contributed by atoms with Crippen molar-refractivity contribution in [1.29, 1.82) is 0 Å². The lowest BCUT2D eigenvalue weighted by Crippen LogP contribution is -2.26. The summed E-state index contributed by atoms with van der Waals surface area (Å²) in [6, 6.07) is 20.6. The lowest BCUT2D eigenvalue weighted by Gasteiger charge is -2.14. The molecule has 3 heterocycles. The van der Waals surface area contributed by atoms with E-state index in [0.29, 0.717) is 42.3 Å². The first-order valence-corrected chi connectivity index (χ1v) is 15.9. The minimum Gasteiger partial charge on any atom is -0.493 e. The Morgan fingerprint density at radius 1 is 0.960 bits per heavy atom. The Bertz CT molecular complexity index is 2180. The lowest BCUT2D eigenvalue weighted by molar-refractivity contribution is -0.115. The summed E-state index contributed by atoms with van der Waals surface area (Å²) >= 11 is 0. The number of amides is 1. The van der Waals surface area contributed by atoms with Crippen molar-refractivity contribution in [2.75, 3.05) is 32.2 Å². The third-order valence-electron chi connectivity index (χ3n) is 7.80. The average molecular weight is 681 g/mol. The fourth-order valence-electron chi connectivity index (χ4n) is 5.47. The van der Waals surface area contributed by atoms with E-state index in [0.717, 1.165) is 22.8 Å². The van der Waals surface area contributed by atoms with Gasteiger partial charge in [0.15, 0.2) is 11.6 Å². The highest BCUT2D eigenvalue weighted by molar-refractivity contribution is 5.98. The molecule has 6 aromatic rings. The topological polar surface area (TPSA) is 117 Å². The highest BCUT2D eigenvalue weighted by atomic mass is 19.1. The number of carbonyl (C=O) groups excluding carboxylic acids is 1. The number of pyridine rings is 2. The van der Waals surface area contributed by atoms with Gasteiger partial charge in [0.2, 0.25) is 5.91 Å². The number of fused-ring (bicyclic) bond motifs is 1. The van der Waals surface area contributed by atoms with E-state index >= 15 is 4.39 Å². The first kappa shape index (κ1) is 34.0. The summed E-state index contributed by atoms with van der Waals surface area (Å²) in [6.45, 7) is 3.43. The van der Waals surface area contributed by atoms with Gasteiger partial charge in [0, 0.05) is 48.7 Å².